The lowest BCUT2D eigenvalue weighted by molar-refractivity contribution is 0.0687. The quantitative estimate of drug-likeness (QED) is 0.439. The van der Waals surface area contributed by atoms with Crippen LogP contribution in [0.1, 0.15) is 33.1 Å². The number of hydrogen-bond acceptors (Lipinski definition) is 2. The van der Waals surface area contributed by atoms with Gasteiger partial charge in [-0.1, -0.05) is 26.0 Å². The average Bonchev–Trinajstić information content (AvgIpc) is 3.16. The van der Waals surface area contributed by atoms with Crippen molar-refractivity contribution in [3.05, 3.63) is 12.2 Å². The third kappa shape index (κ3) is 1.69. The SMILES string of the molecule is CCP(=O)(CC)OC1CC2CC1C1C3C=CC(C3)C21. The number of rotatable bonds is 4. The van der Waals surface area contributed by atoms with Crippen molar-refractivity contribution in [2.24, 2.45) is 35.5 Å². The largest absolute Gasteiger partial charge is 0.325 e. The monoisotopic (exact) mass is 280 g/mol. The number of hydrogen-bond donors (Lipinski definition) is 0. The summed E-state index contributed by atoms with van der Waals surface area (Å²) in [5.41, 5.74) is 0. The van der Waals surface area contributed by atoms with Crippen LogP contribution < -0.4 is 0 Å². The summed E-state index contributed by atoms with van der Waals surface area (Å²) >= 11 is 0. The van der Waals surface area contributed by atoms with Gasteiger partial charge >= 0.3 is 0 Å². The van der Waals surface area contributed by atoms with Crippen LogP contribution in [0.2, 0.25) is 0 Å². The Kier molecular flexibility index (Phi) is 2.81. The minimum absolute atomic E-state index is 0.310. The van der Waals surface area contributed by atoms with Gasteiger partial charge in [-0.05, 0) is 54.8 Å². The van der Waals surface area contributed by atoms with Crippen LogP contribution in [0.3, 0.4) is 0 Å². The van der Waals surface area contributed by atoms with Crippen LogP contribution in [0, 0.1) is 35.5 Å². The Balaban J connectivity index is 1.54. The van der Waals surface area contributed by atoms with Crippen molar-refractivity contribution in [1.82, 2.24) is 0 Å². The smallest absolute Gasteiger partial charge is 0.202 e. The normalized spacial score (nSPS) is 50.1. The van der Waals surface area contributed by atoms with Crippen LogP contribution in [0.25, 0.3) is 0 Å². The second-order valence-electron chi connectivity index (χ2n) is 7.09. The third-order valence-corrected chi connectivity index (χ3v) is 9.08. The third-order valence-electron chi connectivity index (χ3n) is 6.50. The van der Waals surface area contributed by atoms with Crippen LogP contribution in [-0.4, -0.2) is 18.4 Å². The zero-order chi connectivity index (χ0) is 13.2. The molecule has 3 saturated carbocycles. The second-order valence-corrected chi connectivity index (χ2v) is 10.2. The predicted octanol–water partition coefficient (Wildman–Crippen LogP) is 4.17. The molecule has 0 aromatic rings. The molecule has 3 heteroatoms. The maximum atomic E-state index is 12.6. The lowest BCUT2D eigenvalue weighted by atomic mass is 9.72. The molecule has 4 aliphatic carbocycles. The fourth-order valence-corrected chi connectivity index (χ4v) is 7.18. The summed E-state index contributed by atoms with van der Waals surface area (Å²) in [5, 5.41) is 0. The molecule has 0 saturated heterocycles. The van der Waals surface area contributed by atoms with Crippen molar-refractivity contribution >= 4 is 7.37 Å². The zero-order valence-corrected chi connectivity index (χ0v) is 12.9. The molecule has 0 aromatic heterocycles. The Morgan fingerprint density at radius 3 is 2.42 bits per heavy atom. The van der Waals surface area contributed by atoms with Crippen LogP contribution in [-0.2, 0) is 9.09 Å². The first-order valence-electron chi connectivity index (χ1n) is 8.10. The maximum Gasteiger partial charge on any atom is 0.202 e. The van der Waals surface area contributed by atoms with Crippen LogP contribution in [0.15, 0.2) is 12.2 Å². The summed E-state index contributed by atoms with van der Waals surface area (Å²) in [5.74, 6) is 5.07. The summed E-state index contributed by atoms with van der Waals surface area (Å²) in [6.07, 6.45) is 10.6. The highest BCUT2D eigenvalue weighted by molar-refractivity contribution is 7.58. The van der Waals surface area contributed by atoms with Gasteiger partial charge in [0.1, 0.15) is 0 Å². The fourth-order valence-electron chi connectivity index (χ4n) is 5.70. The van der Waals surface area contributed by atoms with E-state index in [0.717, 1.165) is 29.6 Å². The molecule has 0 amide bonds. The summed E-state index contributed by atoms with van der Waals surface area (Å²) in [6, 6.07) is 0. The molecule has 3 fully saturated rings. The molecule has 0 aliphatic heterocycles. The zero-order valence-electron chi connectivity index (χ0n) is 12.0. The van der Waals surface area contributed by atoms with E-state index in [0.29, 0.717) is 24.3 Å². The van der Waals surface area contributed by atoms with Crippen molar-refractivity contribution in [3.63, 3.8) is 0 Å². The van der Waals surface area contributed by atoms with E-state index in [-0.39, 0.29) is 0 Å². The molecule has 4 rings (SSSR count). The molecule has 106 valence electrons. The lowest BCUT2D eigenvalue weighted by Crippen LogP contribution is -2.35. The lowest BCUT2D eigenvalue weighted by Gasteiger charge is -2.37. The summed E-state index contributed by atoms with van der Waals surface area (Å²) in [4.78, 5) is 0. The number of fused-ring (bicyclic) bond motifs is 9. The van der Waals surface area contributed by atoms with Gasteiger partial charge in [0.05, 0.1) is 6.10 Å². The Morgan fingerprint density at radius 2 is 1.74 bits per heavy atom. The van der Waals surface area contributed by atoms with Gasteiger partial charge in [-0.15, -0.1) is 0 Å². The van der Waals surface area contributed by atoms with E-state index >= 15 is 0 Å². The molecular formula is C16H25O2P. The van der Waals surface area contributed by atoms with Gasteiger partial charge in [0.15, 0.2) is 0 Å². The Morgan fingerprint density at radius 1 is 1.05 bits per heavy atom. The molecule has 7 unspecified atom stereocenters. The summed E-state index contributed by atoms with van der Waals surface area (Å²) in [7, 11) is -2.33. The van der Waals surface area contributed by atoms with Gasteiger partial charge in [0.2, 0.25) is 7.37 Å². The van der Waals surface area contributed by atoms with Crippen LogP contribution in [0.5, 0.6) is 0 Å². The molecule has 0 radical (unpaired) electrons. The number of allylic oxidation sites excluding steroid dienone is 2. The van der Waals surface area contributed by atoms with Gasteiger partial charge in [-0.25, -0.2) is 0 Å². The molecule has 4 bridgehead atoms. The molecule has 7 atom stereocenters. The van der Waals surface area contributed by atoms with Crippen LogP contribution in [0.4, 0.5) is 0 Å². The van der Waals surface area contributed by atoms with Crippen LogP contribution >= 0.6 is 7.37 Å². The minimum Gasteiger partial charge on any atom is -0.325 e. The fraction of sp³-hybridized carbons (Fsp3) is 0.875. The van der Waals surface area contributed by atoms with E-state index in [2.05, 4.69) is 12.2 Å². The molecule has 4 aliphatic rings. The first kappa shape index (κ1) is 12.7. The summed E-state index contributed by atoms with van der Waals surface area (Å²) < 4.78 is 18.8. The second kappa shape index (κ2) is 4.21. The first-order chi connectivity index (χ1) is 9.15. The van der Waals surface area contributed by atoms with Crippen molar-refractivity contribution in [1.29, 1.82) is 0 Å². The first-order valence-corrected chi connectivity index (χ1v) is 10.1. The maximum absolute atomic E-state index is 12.6. The van der Waals surface area contributed by atoms with Crippen molar-refractivity contribution in [2.75, 3.05) is 12.3 Å². The van der Waals surface area contributed by atoms with Gasteiger partial charge in [0, 0.05) is 12.3 Å². The van der Waals surface area contributed by atoms with Gasteiger partial charge in [0.25, 0.3) is 0 Å². The van der Waals surface area contributed by atoms with E-state index in [1.165, 1.54) is 19.3 Å². The highest BCUT2D eigenvalue weighted by atomic mass is 31.2. The minimum atomic E-state index is -2.33. The molecule has 0 heterocycles. The average molecular weight is 280 g/mol. The molecule has 2 nitrogen and oxygen atoms in total. The van der Waals surface area contributed by atoms with Crippen molar-refractivity contribution in [3.8, 4) is 0 Å². The Labute approximate surface area is 116 Å². The molecule has 0 spiro atoms. The summed E-state index contributed by atoms with van der Waals surface area (Å²) in [6.45, 7) is 4.03. The van der Waals surface area contributed by atoms with Gasteiger partial charge < -0.3 is 4.52 Å². The Bertz CT molecular complexity index is 450. The van der Waals surface area contributed by atoms with E-state index in [1.54, 1.807) is 0 Å². The molecule has 0 aromatic carbocycles. The Hall–Kier alpha value is -0.0700. The van der Waals surface area contributed by atoms with Gasteiger partial charge in [-0.2, -0.15) is 0 Å². The standard InChI is InChI=1S/C16H25O2P/c1-3-19(17,4-2)18-14-9-12-8-13(14)16-11-6-5-10(7-11)15(12)16/h5-6,10-16H,3-4,7-9H2,1-2H3. The van der Waals surface area contributed by atoms with E-state index in [1.807, 2.05) is 13.8 Å². The van der Waals surface area contributed by atoms with E-state index in [4.69, 9.17) is 4.52 Å². The highest BCUT2D eigenvalue weighted by Crippen LogP contribution is 2.67. The molecular weight excluding hydrogens is 255 g/mol. The molecule has 19 heavy (non-hydrogen) atoms. The van der Waals surface area contributed by atoms with E-state index in [9.17, 15) is 4.57 Å². The van der Waals surface area contributed by atoms with E-state index < -0.39 is 7.37 Å². The van der Waals surface area contributed by atoms with Crippen molar-refractivity contribution < 1.29 is 9.09 Å². The predicted molar refractivity (Wildman–Crippen MR) is 77.5 cm³/mol. The molecule has 0 N–H and O–H groups in total. The topological polar surface area (TPSA) is 26.3 Å². The van der Waals surface area contributed by atoms with Gasteiger partial charge in [-0.3, -0.25) is 4.57 Å². The van der Waals surface area contributed by atoms with Crippen molar-refractivity contribution in [2.45, 2.75) is 39.2 Å². The highest BCUT2D eigenvalue weighted by Gasteiger charge is 2.61.